The largest absolute Gasteiger partial charge is 0.341 e. The van der Waals surface area contributed by atoms with Crippen molar-refractivity contribution in [3.63, 3.8) is 0 Å². The highest BCUT2D eigenvalue weighted by molar-refractivity contribution is 5.76. The SMILES string of the molecule is CCCCCCN1c2ccccc2CCc2cc(C=CC=O)ccc21. The number of hydrogen-bond donors (Lipinski definition) is 0. The molecule has 0 saturated heterocycles. The summed E-state index contributed by atoms with van der Waals surface area (Å²) in [4.78, 5) is 13.1. The molecule has 2 aromatic carbocycles. The fourth-order valence-corrected chi connectivity index (χ4v) is 3.65. The number of aryl methyl sites for hydroxylation is 2. The van der Waals surface area contributed by atoms with E-state index in [2.05, 4.69) is 54.3 Å². The fourth-order valence-electron chi connectivity index (χ4n) is 3.65. The van der Waals surface area contributed by atoms with Crippen LogP contribution in [0.5, 0.6) is 0 Å². The van der Waals surface area contributed by atoms with E-state index in [0.29, 0.717) is 0 Å². The molecule has 2 heteroatoms. The van der Waals surface area contributed by atoms with Crippen LogP contribution in [0.2, 0.25) is 0 Å². The zero-order chi connectivity index (χ0) is 17.5. The highest BCUT2D eigenvalue weighted by Crippen LogP contribution is 2.36. The summed E-state index contributed by atoms with van der Waals surface area (Å²) in [5.74, 6) is 0. The lowest BCUT2D eigenvalue weighted by atomic mass is 10.0. The molecule has 3 rings (SSSR count). The van der Waals surface area contributed by atoms with E-state index in [1.54, 1.807) is 6.08 Å². The molecule has 0 fully saturated rings. The average molecular weight is 333 g/mol. The Hall–Kier alpha value is -2.35. The number of allylic oxidation sites excluding steroid dienone is 1. The van der Waals surface area contributed by atoms with Crippen LogP contribution >= 0.6 is 0 Å². The molecule has 2 nitrogen and oxygen atoms in total. The third-order valence-corrected chi connectivity index (χ3v) is 4.94. The summed E-state index contributed by atoms with van der Waals surface area (Å²) in [6.45, 7) is 3.32. The molecule has 130 valence electrons. The summed E-state index contributed by atoms with van der Waals surface area (Å²) in [6, 6.07) is 15.4. The van der Waals surface area contributed by atoms with Gasteiger partial charge in [-0.1, -0.05) is 56.5 Å². The van der Waals surface area contributed by atoms with Gasteiger partial charge < -0.3 is 4.90 Å². The summed E-state index contributed by atoms with van der Waals surface area (Å²) in [7, 11) is 0. The molecule has 1 aliphatic heterocycles. The van der Waals surface area contributed by atoms with Gasteiger partial charge in [0.25, 0.3) is 0 Å². The Bertz CT molecular complexity index is 748. The van der Waals surface area contributed by atoms with Gasteiger partial charge >= 0.3 is 0 Å². The maximum atomic E-state index is 10.6. The van der Waals surface area contributed by atoms with Gasteiger partial charge in [0, 0.05) is 17.9 Å². The van der Waals surface area contributed by atoms with Gasteiger partial charge in [-0.3, -0.25) is 4.79 Å². The quantitative estimate of drug-likeness (QED) is 0.367. The summed E-state index contributed by atoms with van der Waals surface area (Å²) in [5, 5.41) is 0. The molecule has 0 atom stereocenters. The zero-order valence-corrected chi connectivity index (χ0v) is 15.1. The highest BCUT2D eigenvalue weighted by Gasteiger charge is 2.20. The molecule has 0 unspecified atom stereocenters. The lowest BCUT2D eigenvalue weighted by molar-refractivity contribution is -0.104. The Kier molecular flexibility index (Phi) is 6.05. The molecule has 0 bridgehead atoms. The maximum absolute atomic E-state index is 10.6. The number of benzene rings is 2. The van der Waals surface area contributed by atoms with Crippen molar-refractivity contribution in [1.82, 2.24) is 0 Å². The molecule has 0 saturated carbocycles. The van der Waals surface area contributed by atoms with Gasteiger partial charge in [-0.2, -0.15) is 0 Å². The smallest absolute Gasteiger partial charge is 0.142 e. The number of carbonyl (C=O) groups excluding carboxylic acids is 1. The van der Waals surface area contributed by atoms with E-state index >= 15 is 0 Å². The van der Waals surface area contributed by atoms with Crippen LogP contribution in [-0.4, -0.2) is 12.8 Å². The Labute approximate surface area is 151 Å². The van der Waals surface area contributed by atoms with Crippen molar-refractivity contribution in [1.29, 1.82) is 0 Å². The van der Waals surface area contributed by atoms with Crippen molar-refractivity contribution in [3.05, 3.63) is 65.2 Å². The number of rotatable bonds is 7. The lowest BCUT2D eigenvalue weighted by Gasteiger charge is -2.27. The van der Waals surface area contributed by atoms with Crippen molar-refractivity contribution in [2.24, 2.45) is 0 Å². The maximum Gasteiger partial charge on any atom is 0.142 e. The standard InChI is InChI=1S/C23H27NO/c1-2-3-4-7-16-24-22-11-6-5-10-20(22)13-14-21-18-19(9-8-17-25)12-15-23(21)24/h5-6,8-12,15,17-18H,2-4,7,13-14,16H2,1H3. The molecule has 1 aliphatic rings. The molecular weight excluding hydrogens is 306 g/mol. The summed E-state index contributed by atoms with van der Waals surface area (Å²) in [5.41, 5.74) is 6.58. The third kappa shape index (κ3) is 4.19. The molecule has 0 aliphatic carbocycles. The second kappa shape index (κ2) is 8.66. The van der Waals surface area contributed by atoms with E-state index < -0.39 is 0 Å². The van der Waals surface area contributed by atoms with E-state index in [1.165, 1.54) is 48.2 Å². The number of aldehydes is 1. The van der Waals surface area contributed by atoms with Crippen LogP contribution in [0.3, 0.4) is 0 Å². The Balaban J connectivity index is 1.94. The number of carbonyl (C=O) groups is 1. The average Bonchev–Trinajstić information content (AvgIpc) is 2.80. The summed E-state index contributed by atoms with van der Waals surface area (Å²) in [6.07, 6.45) is 11.5. The van der Waals surface area contributed by atoms with Gasteiger partial charge in [-0.15, -0.1) is 0 Å². The van der Waals surface area contributed by atoms with E-state index in [4.69, 9.17) is 0 Å². The van der Waals surface area contributed by atoms with E-state index in [0.717, 1.165) is 31.2 Å². The topological polar surface area (TPSA) is 20.3 Å². The predicted molar refractivity (Wildman–Crippen MR) is 107 cm³/mol. The first-order chi connectivity index (χ1) is 12.3. The van der Waals surface area contributed by atoms with Gasteiger partial charge in [-0.25, -0.2) is 0 Å². The van der Waals surface area contributed by atoms with Gasteiger partial charge in [0.15, 0.2) is 0 Å². The van der Waals surface area contributed by atoms with Crippen LogP contribution in [0.25, 0.3) is 6.08 Å². The van der Waals surface area contributed by atoms with Crippen LogP contribution in [0, 0.1) is 0 Å². The zero-order valence-electron chi connectivity index (χ0n) is 15.1. The number of para-hydroxylation sites is 1. The second-order valence-corrected chi connectivity index (χ2v) is 6.72. The molecule has 0 amide bonds. The molecule has 2 aromatic rings. The summed E-state index contributed by atoms with van der Waals surface area (Å²) < 4.78 is 0. The lowest BCUT2D eigenvalue weighted by Crippen LogP contribution is -2.19. The number of anilines is 2. The number of nitrogens with zero attached hydrogens (tertiary/aromatic N) is 1. The first kappa shape index (κ1) is 17.5. The minimum absolute atomic E-state index is 0.835. The Morgan fingerprint density at radius 2 is 1.76 bits per heavy atom. The highest BCUT2D eigenvalue weighted by atomic mass is 16.1. The number of fused-ring (bicyclic) bond motifs is 2. The van der Waals surface area contributed by atoms with Crippen molar-refractivity contribution in [2.75, 3.05) is 11.4 Å². The van der Waals surface area contributed by atoms with Crippen molar-refractivity contribution in [2.45, 2.75) is 45.4 Å². The van der Waals surface area contributed by atoms with Crippen LogP contribution < -0.4 is 4.90 Å². The second-order valence-electron chi connectivity index (χ2n) is 6.72. The Morgan fingerprint density at radius 1 is 0.960 bits per heavy atom. The van der Waals surface area contributed by atoms with Crippen LogP contribution in [0.1, 0.15) is 49.3 Å². The minimum atomic E-state index is 0.835. The van der Waals surface area contributed by atoms with Crippen molar-refractivity contribution >= 4 is 23.7 Å². The predicted octanol–water partition coefficient (Wildman–Crippen LogP) is 5.72. The van der Waals surface area contributed by atoms with Crippen molar-refractivity contribution in [3.8, 4) is 0 Å². The molecule has 1 heterocycles. The molecule has 0 radical (unpaired) electrons. The molecule has 25 heavy (non-hydrogen) atoms. The van der Waals surface area contributed by atoms with Crippen LogP contribution in [-0.2, 0) is 17.6 Å². The van der Waals surface area contributed by atoms with Gasteiger partial charge in [0.2, 0.25) is 0 Å². The van der Waals surface area contributed by atoms with E-state index in [1.807, 2.05) is 6.08 Å². The third-order valence-electron chi connectivity index (χ3n) is 4.94. The first-order valence-electron chi connectivity index (χ1n) is 9.43. The number of unbranched alkanes of at least 4 members (excludes halogenated alkanes) is 3. The minimum Gasteiger partial charge on any atom is -0.341 e. The monoisotopic (exact) mass is 333 g/mol. The van der Waals surface area contributed by atoms with E-state index in [9.17, 15) is 4.79 Å². The number of hydrogen-bond acceptors (Lipinski definition) is 2. The molecule has 0 N–H and O–H groups in total. The van der Waals surface area contributed by atoms with Gasteiger partial charge in [0.05, 0.1) is 0 Å². The molecule has 0 aromatic heterocycles. The van der Waals surface area contributed by atoms with Gasteiger partial charge in [0.1, 0.15) is 6.29 Å². The van der Waals surface area contributed by atoms with Gasteiger partial charge in [-0.05, 0) is 60.2 Å². The molecule has 0 spiro atoms. The van der Waals surface area contributed by atoms with Crippen molar-refractivity contribution < 1.29 is 4.79 Å². The summed E-state index contributed by atoms with van der Waals surface area (Å²) >= 11 is 0. The molecular formula is C23H27NO. The fraction of sp³-hybridized carbons (Fsp3) is 0.348. The first-order valence-corrected chi connectivity index (χ1v) is 9.43. The van der Waals surface area contributed by atoms with E-state index in [-0.39, 0.29) is 0 Å². The van der Waals surface area contributed by atoms with Crippen LogP contribution in [0.4, 0.5) is 11.4 Å². The normalized spacial score (nSPS) is 13.4. The Morgan fingerprint density at radius 3 is 2.60 bits per heavy atom. The van der Waals surface area contributed by atoms with Crippen LogP contribution in [0.15, 0.2) is 48.5 Å².